The topological polar surface area (TPSA) is 91.2 Å². The summed E-state index contributed by atoms with van der Waals surface area (Å²) in [6.07, 6.45) is 0.630. The van der Waals surface area contributed by atoms with Crippen LogP contribution >= 0.6 is 0 Å². The van der Waals surface area contributed by atoms with Crippen LogP contribution in [0.5, 0.6) is 11.5 Å². The SMILES string of the molecule is COc1ccc(CCNC(=O)Cn2nnc(-c3cccc(F)c3)n2)cc1OC. The lowest BCUT2D eigenvalue weighted by atomic mass is 10.1. The second-order valence-electron chi connectivity index (χ2n) is 5.94. The first-order valence-electron chi connectivity index (χ1n) is 8.60. The number of amides is 1. The molecule has 9 heteroatoms. The second-order valence-corrected chi connectivity index (χ2v) is 5.94. The highest BCUT2D eigenvalue weighted by molar-refractivity contribution is 5.75. The third-order valence-electron chi connectivity index (χ3n) is 4.00. The van der Waals surface area contributed by atoms with Crippen molar-refractivity contribution in [2.24, 2.45) is 0 Å². The van der Waals surface area contributed by atoms with Gasteiger partial charge in [-0.3, -0.25) is 4.79 Å². The van der Waals surface area contributed by atoms with Gasteiger partial charge in [0, 0.05) is 12.1 Å². The molecule has 0 spiro atoms. The first-order valence-corrected chi connectivity index (χ1v) is 8.60. The number of benzene rings is 2. The Balaban J connectivity index is 1.51. The van der Waals surface area contributed by atoms with E-state index in [1.54, 1.807) is 26.4 Å². The van der Waals surface area contributed by atoms with E-state index in [1.165, 1.54) is 16.9 Å². The highest BCUT2D eigenvalue weighted by Gasteiger charge is 2.10. The van der Waals surface area contributed by atoms with Gasteiger partial charge in [0.2, 0.25) is 11.7 Å². The van der Waals surface area contributed by atoms with Crippen LogP contribution in [-0.4, -0.2) is 46.9 Å². The zero-order valence-corrected chi connectivity index (χ0v) is 15.6. The van der Waals surface area contributed by atoms with Crippen LogP contribution in [0.25, 0.3) is 11.4 Å². The summed E-state index contributed by atoms with van der Waals surface area (Å²) in [4.78, 5) is 13.3. The molecule has 1 amide bonds. The highest BCUT2D eigenvalue weighted by Crippen LogP contribution is 2.27. The summed E-state index contributed by atoms with van der Waals surface area (Å²) in [6, 6.07) is 11.5. The van der Waals surface area contributed by atoms with E-state index in [0.717, 1.165) is 5.56 Å². The van der Waals surface area contributed by atoms with Gasteiger partial charge in [0.1, 0.15) is 12.4 Å². The molecule has 1 aromatic heterocycles. The van der Waals surface area contributed by atoms with Crippen molar-refractivity contribution in [3.05, 3.63) is 53.8 Å². The molecule has 3 aromatic rings. The summed E-state index contributed by atoms with van der Waals surface area (Å²) in [6.45, 7) is 0.369. The third kappa shape index (κ3) is 4.81. The third-order valence-corrected chi connectivity index (χ3v) is 4.00. The molecule has 8 nitrogen and oxygen atoms in total. The Morgan fingerprint density at radius 2 is 1.96 bits per heavy atom. The molecule has 0 fully saturated rings. The molecule has 0 saturated heterocycles. The van der Waals surface area contributed by atoms with Gasteiger partial charge in [-0.1, -0.05) is 18.2 Å². The van der Waals surface area contributed by atoms with Crippen molar-refractivity contribution in [2.45, 2.75) is 13.0 Å². The Morgan fingerprint density at radius 3 is 2.71 bits per heavy atom. The first-order chi connectivity index (χ1) is 13.6. The second kappa shape index (κ2) is 8.94. The van der Waals surface area contributed by atoms with Gasteiger partial charge in [0.25, 0.3) is 0 Å². The molecule has 2 aromatic carbocycles. The van der Waals surface area contributed by atoms with E-state index in [0.29, 0.717) is 30.0 Å². The molecule has 28 heavy (non-hydrogen) atoms. The molecule has 0 aliphatic heterocycles. The Hall–Kier alpha value is -3.49. The Labute approximate surface area is 161 Å². The van der Waals surface area contributed by atoms with Gasteiger partial charge in [0.05, 0.1) is 14.2 Å². The number of carbonyl (C=O) groups excluding carboxylic acids is 1. The van der Waals surface area contributed by atoms with Crippen molar-refractivity contribution in [1.82, 2.24) is 25.5 Å². The monoisotopic (exact) mass is 385 g/mol. The molecular formula is C19H20FN5O3. The van der Waals surface area contributed by atoms with E-state index in [-0.39, 0.29) is 24.1 Å². The fourth-order valence-corrected chi connectivity index (χ4v) is 2.62. The van der Waals surface area contributed by atoms with Crippen LogP contribution in [0.15, 0.2) is 42.5 Å². The van der Waals surface area contributed by atoms with Crippen molar-refractivity contribution >= 4 is 5.91 Å². The van der Waals surface area contributed by atoms with Crippen molar-refractivity contribution in [3.63, 3.8) is 0 Å². The molecular weight excluding hydrogens is 365 g/mol. The summed E-state index contributed by atoms with van der Waals surface area (Å²) in [5.41, 5.74) is 1.50. The number of methoxy groups -OCH3 is 2. The number of nitrogens with one attached hydrogen (secondary N) is 1. The first kappa shape index (κ1) is 19.3. The van der Waals surface area contributed by atoms with E-state index in [2.05, 4.69) is 20.7 Å². The van der Waals surface area contributed by atoms with Crippen LogP contribution < -0.4 is 14.8 Å². The van der Waals surface area contributed by atoms with E-state index in [9.17, 15) is 9.18 Å². The van der Waals surface area contributed by atoms with Crippen LogP contribution in [-0.2, 0) is 17.8 Å². The molecule has 3 rings (SSSR count). The van der Waals surface area contributed by atoms with Crippen LogP contribution in [0, 0.1) is 5.82 Å². The average molecular weight is 385 g/mol. The Morgan fingerprint density at radius 1 is 1.14 bits per heavy atom. The van der Waals surface area contributed by atoms with Gasteiger partial charge in [-0.25, -0.2) is 4.39 Å². The zero-order chi connectivity index (χ0) is 19.9. The van der Waals surface area contributed by atoms with Crippen molar-refractivity contribution in [2.75, 3.05) is 20.8 Å². The minimum absolute atomic E-state index is 0.0751. The largest absolute Gasteiger partial charge is 0.493 e. The van der Waals surface area contributed by atoms with Crippen molar-refractivity contribution < 1.29 is 18.7 Å². The van der Waals surface area contributed by atoms with Crippen LogP contribution in [0.4, 0.5) is 4.39 Å². The van der Waals surface area contributed by atoms with E-state index < -0.39 is 0 Å². The number of hydrogen-bond acceptors (Lipinski definition) is 6. The summed E-state index contributed by atoms with van der Waals surface area (Å²) in [7, 11) is 3.16. The van der Waals surface area contributed by atoms with Gasteiger partial charge in [-0.15, -0.1) is 10.2 Å². The van der Waals surface area contributed by atoms with E-state index in [1.807, 2.05) is 18.2 Å². The summed E-state index contributed by atoms with van der Waals surface area (Å²) < 4.78 is 23.7. The minimum Gasteiger partial charge on any atom is -0.493 e. The number of aromatic nitrogens is 4. The molecule has 0 unspecified atom stereocenters. The van der Waals surface area contributed by atoms with Crippen LogP contribution in [0.1, 0.15) is 5.56 Å². The smallest absolute Gasteiger partial charge is 0.243 e. The maximum Gasteiger partial charge on any atom is 0.243 e. The maximum atomic E-state index is 13.3. The van der Waals surface area contributed by atoms with Gasteiger partial charge in [0.15, 0.2) is 11.5 Å². The predicted octanol–water partition coefficient (Wildman–Crippen LogP) is 1.86. The Bertz CT molecular complexity index is 960. The lowest BCUT2D eigenvalue weighted by Gasteiger charge is -2.10. The lowest BCUT2D eigenvalue weighted by molar-refractivity contribution is -0.122. The van der Waals surface area contributed by atoms with Crippen molar-refractivity contribution in [1.29, 1.82) is 0 Å². The number of hydrogen-bond donors (Lipinski definition) is 1. The van der Waals surface area contributed by atoms with Gasteiger partial charge in [-0.05, 0) is 41.5 Å². The zero-order valence-electron chi connectivity index (χ0n) is 15.6. The molecule has 0 atom stereocenters. The normalized spacial score (nSPS) is 10.5. The number of halogens is 1. The summed E-state index contributed by atoms with van der Waals surface area (Å²) >= 11 is 0. The van der Waals surface area contributed by atoms with E-state index >= 15 is 0 Å². The standard InChI is InChI=1S/C19H20FN5O3/c1-27-16-7-6-13(10-17(16)28-2)8-9-21-18(26)12-25-23-19(22-24-25)14-4-3-5-15(20)11-14/h3-7,10-11H,8-9,12H2,1-2H3,(H,21,26). The quantitative estimate of drug-likeness (QED) is 0.636. The predicted molar refractivity (Wildman–Crippen MR) is 99.5 cm³/mol. The highest BCUT2D eigenvalue weighted by atomic mass is 19.1. The molecule has 0 bridgehead atoms. The number of tetrazole rings is 1. The van der Waals surface area contributed by atoms with Gasteiger partial charge in [-0.2, -0.15) is 4.80 Å². The minimum atomic E-state index is -0.387. The van der Waals surface area contributed by atoms with Crippen LogP contribution in [0.2, 0.25) is 0 Å². The molecule has 0 aliphatic carbocycles. The van der Waals surface area contributed by atoms with Crippen LogP contribution in [0.3, 0.4) is 0 Å². The fourth-order valence-electron chi connectivity index (χ4n) is 2.62. The Kier molecular flexibility index (Phi) is 6.15. The van der Waals surface area contributed by atoms with E-state index in [4.69, 9.17) is 9.47 Å². The molecule has 146 valence electrons. The van der Waals surface area contributed by atoms with Crippen molar-refractivity contribution in [3.8, 4) is 22.9 Å². The molecule has 0 radical (unpaired) electrons. The number of ether oxygens (including phenoxy) is 2. The van der Waals surface area contributed by atoms with Gasteiger partial charge >= 0.3 is 0 Å². The van der Waals surface area contributed by atoms with Gasteiger partial charge < -0.3 is 14.8 Å². The lowest BCUT2D eigenvalue weighted by Crippen LogP contribution is -2.30. The number of nitrogens with zero attached hydrogens (tertiary/aromatic N) is 4. The maximum absolute atomic E-state index is 13.3. The molecule has 0 aliphatic rings. The summed E-state index contributed by atoms with van der Waals surface area (Å²) in [5.74, 6) is 0.924. The number of carbonyl (C=O) groups is 1. The summed E-state index contributed by atoms with van der Waals surface area (Å²) in [5, 5.41) is 14.6. The molecule has 1 heterocycles. The molecule has 0 saturated carbocycles. The molecule has 1 N–H and O–H groups in total. The number of rotatable bonds is 8. The average Bonchev–Trinajstić information content (AvgIpc) is 3.16. The fraction of sp³-hybridized carbons (Fsp3) is 0.263.